The minimum absolute atomic E-state index is 0.164. The van der Waals surface area contributed by atoms with E-state index >= 15 is 0 Å². The Kier molecular flexibility index (Phi) is 4.80. The zero-order valence-electron chi connectivity index (χ0n) is 11.3. The maximum absolute atomic E-state index is 11.7. The number of carbonyl (C=O) groups is 1. The Hall–Kier alpha value is -1.55. The average molecular weight is 263 g/mol. The molecule has 19 heavy (non-hydrogen) atoms. The smallest absolute Gasteiger partial charge is 0.222 e. The number of amides is 1. The highest BCUT2D eigenvalue weighted by Crippen LogP contribution is 2.16. The van der Waals surface area contributed by atoms with Crippen LogP contribution in [-0.2, 0) is 4.79 Å². The Morgan fingerprint density at radius 1 is 1.37 bits per heavy atom. The fraction of sp³-hybridized carbons (Fsp3) is 0.533. The number of rotatable bonds is 6. The monoisotopic (exact) mass is 263 g/mol. The highest BCUT2D eigenvalue weighted by molar-refractivity contribution is 5.76. The third-order valence-corrected chi connectivity index (χ3v) is 3.39. The summed E-state index contributed by atoms with van der Waals surface area (Å²) < 4.78 is 5.57. The lowest BCUT2D eigenvalue weighted by Gasteiger charge is -2.38. The van der Waals surface area contributed by atoms with Gasteiger partial charge in [-0.15, -0.1) is 0 Å². The van der Waals surface area contributed by atoms with Crippen LogP contribution in [0, 0.1) is 12.8 Å². The molecule has 1 aromatic rings. The van der Waals surface area contributed by atoms with E-state index in [0.29, 0.717) is 26.1 Å². The van der Waals surface area contributed by atoms with Crippen LogP contribution in [0.4, 0.5) is 0 Å². The molecule has 0 spiro atoms. The first-order valence-electron chi connectivity index (χ1n) is 6.77. The number of benzene rings is 1. The van der Waals surface area contributed by atoms with Gasteiger partial charge in [0, 0.05) is 32.0 Å². The third kappa shape index (κ3) is 3.96. The number of hydrogen-bond acceptors (Lipinski definition) is 3. The molecule has 1 saturated heterocycles. The quantitative estimate of drug-likeness (QED) is 0.793. The minimum atomic E-state index is 0.164. The summed E-state index contributed by atoms with van der Waals surface area (Å²) in [5.41, 5.74) is 1.21. The molecule has 0 unspecified atom stereocenters. The van der Waals surface area contributed by atoms with Gasteiger partial charge in [0.05, 0.1) is 6.61 Å². The van der Waals surface area contributed by atoms with Crippen LogP contribution in [-0.4, -0.2) is 42.2 Å². The van der Waals surface area contributed by atoms with Crippen LogP contribution in [0.2, 0.25) is 0 Å². The third-order valence-electron chi connectivity index (χ3n) is 3.39. The first-order chi connectivity index (χ1) is 9.19. The highest BCUT2D eigenvalue weighted by Gasteiger charge is 2.29. The number of aryl methyl sites for hydroxylation is 1. The Morgan fingerprint density at radius 3 is 2.68 bits per heavy atom. The van der Waals surface area contributed by atoms with Crippen LogP contribution >= 0.6 is 0 Å². The van der Waals surface area contributed by atoms with Crippen LogP contribution < -0.4 is 4.74 Å². The van der Waals surface area contributed by atoms with Crippen LogP contribution in [0.15, 0.2) is 24.3 Å². The fourth-order valence-electron chi connectivity index (χ4n) is 2.10. The number of aliphatic hydroxyl groups excluding tert-OH is 1. The molecule has 1 N–H and O–H groups in total. The van der Waals surface area contributed by atoms with Crippen molar-refractivity contribution in [1.29, 1.82) is 0 Å². The molecule has 104 valence electrons. The Labute approximate surface area is 114 Å². The molecule has 0 saturated carbocycles. The van der Waals surface area contributed by atoms with Gasteiger partial charge < -0.3 is 14.7 Å². The number of aliphatic hydroxyl groups is 1. The highest BCUT2D eigenvalue weighted by atomic mass is 16.5. The summed E-state index contributed by atoms with van der Waals surface area (Å²) in [6, 6.07) is 7.90. The van der Waals surface area contributed by atoms with Gasteiger partial charge in [-0.3, -0.25) is 4.79 Å². The van der Waals surface area contributed by atoms with Crippen LogP contribution in [0.25, 0.3) is 0 Å². The lowest BCUT2D eigenvalue weighted by atomic mass is 10.0. The van der Waals surface area contributed by atoms with Crippen molar-refractivity contribution in [2.75, 3.05) is 26.3 Å². The predicted molar refractivity (Wildman–Crippen MR) is 73.1 cm³/mol. The van der Waals surface area contributed by atoms with Crippen LogP contribution in [0.5, 0.6) is 5.75 Å². The molecule has 4 heteroatoms. The van der Waals surface area contributed by atoms with Gasteiger partial charge >= 0.3 is 0 Å². The number of nitrogens with zero attached hydrogens (tertiary/aromatic N) is 1. The Balaban J connectivity index is 1.59. The molecular formula is C15H21NO3. The van der Waals surface area contributed by atoms with Crippen molar-refractivity contribution >= 4 is 5.91 Å². The maximum Gasteiger partial charge on any atom is 0.222 e. The van der Waals surface area contributed by atoms with E-state index < -0.39 is 0 Å². The Bertz CT molecular complexity index is 410. The molecule has 1 fully saturated rings. The van der Waals surface area contributed by atoms with Crippen LogP contribution in [0.3, 0.4) is 0 Å². The summed E-state index contributed by atoms with van der Waals surface area (Å²) in [4.78, 5) is 13.5. The summed E-state index contributed by atoms with van der Waals surface area (Å²) in [5.74, 6) is 1.30. The molecule has 0 aromatic heterocycles. The number of likely N-dealkylation sites (tertiary alicyclic amines) is 1. The van der Waals surface area contributed by atoms with E-state index in [1.807, 2.05) is 31.2 Å². The van der Waals surface area contributed by atoms with Gasteiger partial charge in [-0.25, -0.2) is 0 Å². The maximum atomic E-state index is 11.7. The van der Waals surface area contributed by atoms with Gasteiger partial charge in [-0.2, -0.15) is 0 Å². The molecule has 1 aliphatic heterocycles. The SMILES string of the molecule is Cc1ccc(OCCCC(=O)N2CC(CO)C2)cc1. The van der Waals surface area contributed by atoms with Crippen LogP contribution in [0.1, 0.15) is 18.4 Å². The number of carbonyl (C=O) groups excluding carboxylic acids is 1. The van der Waals surface area contributed by atoms with Gasteiger partial charge in [0.25, 0.3) is 0 Å². The van der Waals surface area contributed by atoms with E-state index in [1.165, 1.54) is 5.56 Å². The second kappa shape index (κ2) is 6.57. The zero-order valence-corrected chi connectivity index (χ0v) is 11.3. The summed E-state index contributed by atoms with van der Waals surface area (Å²) in [5, 5.41) is 8.89. The molecule has 2 rings (SSSR count). The van der Waals surface area contributed by atoms with Gasteiger partial charge in [0.2, 0.25) is 5.91 Å². The van der Waals surface area contributed by atoms with Gasteiger partial charge in [-0.05, 0) is 25.5 Å². The summed E-state index contributed by atoms with van der Waals surface area (Å²) in [6.07, 6.45) is 1.25. The minimum Gasteiger partial charge on any atom is -0.494 e. The summed E-state index contributed by atoms with van der Waals surface area (Å²) >= 11 is 0. The molecule has 1 aromatic carbocycles. The van der Waals surface area contributed by atoms with Crippen molar-refractivity contribution < 1.29 is 14.6 Å². The van der Waals surface area contributed by atoms with Gasteiger partial charge in [-0.1, -0.05) is 17.7 Å². The largest absolute Gasteiger partial charge is 0.494 e. The average Bonchev–Trinajstić information content (AvgIpc) is 2.35. The molecular weight excluding hydrogens is 242 g/mol. The summed E-state index contributed by atoms with van der Waals surface area (Å²) in [7, 11) is 0. The second-order valence-corrected chi connectivity index (χ2v) is 5.11. The van der Waals surface area contributed by atoms with Crippen molar-refractivity contribution in [2.24, 2.45) is 5.92 Å². The van der Waals surface area contributed by atoms with Crippen molar-refractivity contribution in [3.63, 3.8) is 0 Å². The normalized spacial score (nSPS) is 15.2. The van der Waals surface area contributed by atoms with E-state index in [9.17, 15) is 4.79 Å². The molecule has 1 amide bonds. The zero-order chi connectivity index (χ0) is 13.7. The molecule has 0 radical (unpaired) electrons. The molecule has 0 atom stereocenters. The molecule has 0 aliphatic carbocycles. The van der Waals surface area contributed by atoms with Crippen molar-refractivity contribution in [3.8, 4) is 5.75 Å². The van der Waals surface area contributed by atoms with E-state index in [-0.39, 0.29) is 18.4 Å². The van der Waals surface area contributed by atoms with E-state index in [2.05, 4.69) is 0 Å². The molecule has 1 heterocycles. The first-order valence-corrected chi connectivity index (χ1v) is 6.77. The van der Waals surface area contributed by atoms with Crippen molar-refractivity contribution in [2.45, 2.75) is 19.8 Å². The standard InChI is InChI=1S/C15H21NO3/c1-12-4-6-14(7-5-12)19-8-2-3-15(18)16-9-13(10-16)11-17/h4-7,13,17H,2-3,8-11H2,1H3. The topological polar surface area (TPSA) is 49.8 Å². The van der Waals surface area contributed by atoms with Crippen molar-refractivity contribution in [3.05, 3.63) is 29.8 Å². The van der Waals surface area contributed by atoms with Gasteiger partial charge in [0.1, 0.15) is 5.75 Å². The van der Waals surface area contributed by atoms with Gasteiger partial charge in [0.15, 0.2) is 0 Å². The van der Waals surface area contributed by atoms with Crippen molar-refractivity contribution in [1.82, 2.24) is 4.90 Å². The second-order valence-electron chi connectivity index (χ2n) is 5.11. The lowest BCUT2D eigenvalue weighted by Crippen LogP contribution is -2.51. The first kappa shape index (κ1) is 13.9. The lowest BCUT2D eigenvalue weighted by molar-refractivity contribution is -0.138. The fourth-order valence-corrected chi connectivity index (χ4v) is 2.10. The molecule has 4 nitrogen and oxygen atoms in total. The van der Waals surface area contributed by atoms with E-state index in [4.69, 9.17) is 9.84 Å². The molecule has 0 bridgehead atoms. The van der Waals surface area contributed by atoms with E-state index in [1.54, 1.807) is 4.90 Å². The predicted octanol–water partition coefficient (Wildman–Crippen LogP) is 1.60. The number of hydrogen-bond donors (Lipinski definition) is 1. The molecule has 1 aliphatic rings. The number of ether oxygens (including phenoxy) is 1. The Morgan fingerprint density at radius 2 is 2.05 bits per heavy atom. The van der Waals surface area contributed by atoms with E-state index in [0.717, 1.165) is 12.2 Å². The summed E-state index contributed by atoms with van der Waals surface area (Å²) in [6.45, 7) is 4.18.